The molecule has 7 heteroatoms. The normalized spacial score (nSPS) is 11.6. The van der Waals surface area contributed by atoms with Gasteiger partial charge in [-0.3, -0.25) is 4.79 Å². The molecular formula is C10H11Cl2NO3S. The minimum Gasteiger partial charge on any atom is -0.274 e. The molecular weight excluding hydrogens is 285 g/mol. The molecule has 0 aliphatic carbocycles. The number of nitrogens with one attached hydrogen (secondary N) is 1. The average Bonchev–Trinajstić information content (AvgIpc) is 2.15. The summed E-state index contributed by atoms with van der Waals surface area (Å²) in [7, 11) is -3.92. The monoisotopic (exact) mass is 295 g/mol. The SMILES string of the molecule is CC(C)C(=O)NS(=O)(=O)c1cc(Cl)cc(Cl)c1. The van der Waals surface area contributed by atoms with Crippen molar-refractivity contribution < 1.29 is 13.2 Å². The number of amides is 1. The van der Waals surface area contributed by atoms with Crippen LogP contribution in [0.4, 0.5) is 0 Å². The first-order valence-electron chi connectivity index (χ1n) is 4.75. The molecule has 4 nitrogen and oxygen atoms in total. The van der Waals surface area contributed by atoms with E-state index in [0.29, 0.717) is 0 Å². The van der Waals surface area contributed by atoms with E-state index < -0.39 is 21.8 Å². The van der Waals surface area contributed by atoms with Crippen molar-refractivity contribution in [3.63, 3.8) is 0 Å². The Hall–Kier alpha value is -0.780. The molecule has 0 aromatic heterocycles. The van der Waals surface area contributed by atoms with Crippen LogP contribution in [0.25, 0.3) is 0 Å². The van der Waals surface area contributed by atoms with Crippen LogP contribution in [0.3, 0.4) is 0 Å². The van der Waals surface area contributed by atoms with Crippen LogP contribution in [-0.4, -0.2) is 14.3 Å². The maximum Gasteiger partial charge on any atom is 0.264 e. The van der Waals surface area contributed by atoms with E-state index in [9.17, 15) is 13.2 Å². The summed E-state index contributed by atoms with van der Waals surface area (Å²) in [5, 5.41) is 0.379. The zero-order chi connectivity index (χ0) is 13.2. The van der Waals surface area contributed by atoms with Crippen LogP contribution >= 0.6 is 23.2 Å². The molecule has 1 rings (SSSR count). The molecule has 0 fully saturated rings. The van der Waals surface area contributed by atoms with Gasteiger partial charge in [-0.1, -0.05) is 37.0 Å². The third-order valence-corrected chi connectivity index (χ3v) is 3.67. The molecule has 0 radical (unpaired) electrons. The number of sulfonamides is 1. The van der Waals surface area contributed by atoms with E-state index in [0.717, 1.165) is 0 Å². The second-order valence-electron chi connectivity index (χ2n) is 3.73. The molecule has 0 aliphatic rings. The lowest BCUT2D eigenvalue weighted by molar-refractivity contribution is -0.122. The minimum atomic E-state index is -3.92. The topological polar surface area (TPSA) is 63.2 Å². The van der Waals surface area contributed by atoms with Crippen molar-refractivity contribution in [1.29, 1.82) is 0 Å². The van der Waals surface area contributed by atoms with Crippen molar-refractivity contribution in [3.8, 4) is 0 Å². The van der Waals surface area contributed by atoms with Crippen LogP contribution < -0.4 is 4.72 Å². The van der Waals surface area contributed by atoms with Gasteiger partial charge in [-0.25, -0.2) is 13.1 Å². The van der Waals surface area contributed by atoms with Crippen LogP contribution in [0.2, 0.25) is 10.0 Å². The second-order valence-corrected chi connectivity index (χ2v) is 6.28. The number of carbonyl (C=O) groups is 1. The van der Waals surface area contributed by atoms with Crippen molar-refractivity contribution in [1.82, 2.24) is 4.72 Å². The lowest BCUT2D eigenvalue weighted by Crippen LogP contribution is -2.33. The van der Waals surface area contributed by atoms with E-state index in [2.05, 4.69) is 0 Å². The van der Waals surface area contributed by atoms with E-state index >= 15 is 0 Å². The second kappa shape index (κ2) is 5.25. The fraction of sp³-hybridized carbons (Fsp3) is 0.300. The zero-order valence-electron chi connectivity index (χ0n) is 9.20. The molecule has 1 amide bonds. The molecule has 0 unspecified atom stereocenters. The Morgan fingerprint density at radius 2 is 1.65 bits per heavy atom. The fourth-order valence-electron chi connectivity index (χ4n) is 0.993. The van der Waals surface area contributed by atoms with Crippen LogP contribution in [0.5, 0.6) is 0 Å². The molecule has 1 N–H and O–H groups in total. The summed E-state index contributed by atoms with van der Waals surface area (Å²) in [6.07, 6.45) is 0. The Kier molecular flexibility index (Phi) is 4.41. The van der Waals surface area contributed by atoms with Gasteiger partial charge in [0.2, 0.25) is 5.91 Å². The van der Waals surface area contributed by atoms with Crippen molar-refractivity contribution in [2.24, 2.45) is 5.92 Å². The van der Waals surface area contributed by atoms with Crippen LogP contribution in [0.1, 0.15) is 13.8 Å². The number of rotatable bonds is 3. The molecule has 17 heavy (non-hydrogen) atoms. The first-order valence-corrected chi connectivity index (χ1v) is 6.99. The van der Waals surface area contributed by atoms with E-state index in [4.69, 9.17) is 23.2 Å². The summed E-state index contributed by atoms with van der Waals surface area (Å²) in [5.74, 6) is -1.01. The van der Waals surface area contributed by atoms with Gasteiger partial charge in [-0.05, 0) is 18.2 Å². The van der Waals surface area contributed by atoms with E-state index in [-0.39, 0.29) is 14.9 Å². The summed E-state index contributed by atoms with van der Waals surface area (Å²) in [4.78, 5) is 11.2. The van der Waals surface area contributed by atoms with Gasteiger partial charge in [0.1, 0.15) is 0 Å². The Morgan fingerprint density at radius 3 is 2.06 bits per heavy atom. The number of benzene rings is 1. The summed E-state index contributed by atoms with van der Waals surface area (Å²) >= 11 is 11.4. The quantitative estimate of drug-likeness (QED) is 0.932. The standard InChI is InChI=1S/C10H11Cl2NO3S/c1-6(2)10(14)13-17(15,16)9-4-7(11)3-8(12)5-9/h3-6H,1-2H3,(H,13,14). The van der Waals surface area contributed by atoms with Crippen molar-refractivity contribution in [3.05, 3.63) is 28.2 Å². The highest BCUT2D eigenvalue weighted by molar-refractivity contribution is 7.90. The highest BCUT2D eigenvalue weighted by Crippen LogP contribution is 2.22. The third-order valence-electron chi connectivity index (χ3n) is 1.91. The minimum absolute atomic E-state index is 0.135. The summed E-state index contributed by atoms with van der Waals surface area (Å²) < 4.78 is 25.5. The first kappa shape index (κ1) is 14.3. The van der Waals surface area contributed by atoms with Crippen molar-refractivity contribution >= 4 is 39.1 Å². The zero-order valence-corrected chi connectivity index (χ0v) is 11.5. The van der Waals surface area contributed by atoms with E-state index in [1.165, 1.54) is 18.2 Å². The predicted molar refractivity (Wildman–Crippen MR) is 66.6 cm³/mol. The number of halogens is 2. The highest BCUT2D eigenvalue weighted by Gasteiger charge is 2.20. The van der Waals surface area contributed by atoms with E-state index in [1.54, 1.807) is 13.8 Å². The maximum atomic E-state index is 11.8. The third kappa shape index (κ3) is 3.87. The predicted octanol–water partition coefficient (Wildman–Crippen LogP) is 2.45. The van der Waals surface area contributed by atoms with Gasteiger partial charge < -0.3 is 0 Å². The molecule has 0 spiro atoms. The van der Waals surface area contributed by atoms with E-state index in [1.807, 2.05) is 4.72 Å². The molecule has 0 aliphatic heterocycles. The fourth-order valence-corrected chi connectivity index (χ4v) is 2.83. The van der Waals surface area contributed by atoms with Gasteiger partial charge in [0.25, 0.3) is 10.0 Å². The maximum absolute atomic E-state index is 11.8. The summed E-state index contributed by atoms with van der Waals surface area (Å²) in [6, 6.07) is 3.86. The van der Waals surface area contributed by atoms with Crippen LogP contribution in [0, 0.1) is 5.92 Å². The van der Waals surface area contributed by atoms with Gasteiger partial charge in [-0.2, -0.15) is 0 Å². The number of hydrogen-bond donors (Lipinski definition) is 1. The smallest absolute Gasteiger partial charge is 0.264 e. The van der Waals surface area contributed by atoms with Gasteiger partial charge >= 0.3 is 0 Å². The lowest BCUT2D eigenvalue weighted by atomic mass is 10.2. The molecule has 0 atom stereocenters. The number of hydrogen-bond acceptors (Lipinski definition) is 3. The van der Waals surface area contributed by atoms with Crippen LogP contribution in [-0.2, 0) is 14.8 Å². The van der Waals surface area contributed by atoms with Gasteiger partial charge in [0.05, 0.1) is 4.90 Å². The Bertz CT molecular complexity index is 520. The largest absolute Gasteiger partial charge is 0.274 e. The Labute approximate surface area is 110 Å². The van der Waals surface area contributed by atoms with Crippen molar-refractivity contribution in [2.45, 2.75) is 18.7 Å². The Morgan fingerprint density at radius 1 is 1.18 bits per heavy atom. The van der Waals surface area contributed by atoms with Crippen molar-refractivity contribution in [2.75, 3.05) is 0 Å². The van der Waals surface area contributed by atoms with Crippen LogP contribution in [0.15, 0.2) is 23.1 Å². The first-order chi connectivity index (χ1) is 7.72. The molecule has 0 heterocycles. The van der Waals surface area contributed by atoms with Gasteiger partial charge in [-0.15, -0.1) is 0 Å². The molecule has 0 bridgehead atoms. The van der Waals surface area contributed by atoms with Gasteiger partial charge in [0, 0.05) is 16.0 Å². The average molecular weight is 296 g/mol. The lowest BCUT2D eigenvalue weighted by Gasteiger charge is -2.09. The summed E-state index contributed by atoms with van der Waals surface area (Å²) in [5.41, 5.74) is 0. The highest BCUT2D eigenvalue weighted by atomic mass is 35.5. The number of carbonyl (C=O) groups excluding carboxylic acids is 1. The molecule has 94 valence electrons. The summed E-state index contributed by atoms with van der Waals surface area (Å²) in [6.45, 7) is 3.19. The van der Waals surface area contributed by atoms with Gasteiger partial charge in [0.15, 0.2) is 0 Å². The molecule has 1 aromatic rings. The molecule has 0 saturated heterocycles. The molecule has 1 aromatic carbocycles. The molecule has 0 saturated carbocycles. The Balaban J connectivity index is 3.09.